The number of benzene rings is 2. The van der Waals surface area contributed by atoms with Crippen LogP contribution in [0.1, 0.15) is 18.5 Å². The molecule has 0 bridgehead atoms. The van der Waals surface area contributed by atoms with Gasteiger partial charge in [-0.3, -0.25) is 19.3 Å². The highest BCUT2D eigenvalue weighted by molar-refractivity contribution is 8.00. The molecule has 1 aromatic heterocycles. The Morgan fingerprint density at radius 3 is 2.50 bits per heavy atom. The van der Waals surface area contributed by atoms with Crippen LogP contribution in [0.3, 0.4) is 0 Å². The molecule has 3 amide bonds. The number of carbonyl (C=O) groups excluding carboxylic acids is 4. The third kappa shape index (κ3) is 4.84. The van der Waals surface area contributed by atoms with Crippen LogP contribution in [0.5, 0.6) is 0 Å². The average Bonchev–Trinajstić information content (AvgIpc) is 3.28. The van der Waals surface area contributed by atoms with Crippen molar-refractivity contribution in [3.63, 3.8) is 0 Å². The number of aromatic amines is 1. The number of hydrogen-bond donors (Lipinski definition) is 4. The van der Waals surface area contributed by atoms with Gasteiger partial charge in [0, 0.05) is 18.2 Å². The fourth-order valence-corrected chi connectivity index (χ4v) is 5.94. The first-order valence-corrected chi connectivity index (χ1v) is 13.1. The maximum Gasteiger partial charge on any atom is 0.352 e. The number of nitrogens with one attached hydrogen (secondary N) is 3. The Hall–Kier alpha value is -4.85. The average molecular weight is 566 g/mol. The fourth-order valence-electron chi connectivity index (χ4n) is 4.61. The molecule has 3 heterocycles. The highest BCUT2D eigenvalue weighted by atomic mass is 32.2. The Bertz CT molecular complexity index is 1630. The van der Waals surface area contributed by atoms with E-state index in [0.29, 0.717) is 16.6 Å². The second kappa shape index (κ2) is 10.7. The van der Waals surface area contributed by atoms with E-state index >= 15 is 0 Å². The molecular weight excluding hydrogens is 542 g/mol. The number of carboxylic acids is 1. The van der Waals surface area contributed by atoms with Crippen molar-refractivity contribution >= 4 is 52.6 Å². The Balaban J connectivity index is 1.38. The maximum atomic E-state index is 13.5. The Labute approximate surface area is 230 Å². The van der Waals surface area contributed by atoms with Crippen LogP contribution in [-0.2, 0) is 23.9 Å². The number of H-pyrrole nitrogens is 1. The van der Waals surface area contributed by atoms with Crippen molar-refractivity contribution in [1.29, 1.82) is 0 Å². The van der Waals surface area contributed by atoms with Crippen LogP contribution >= 0.6 is 11.8 Å². The first kappa shape index (κ1) is 26.7. The molecule has 2 aliphatic heterocycles. The SMILES string of the molecule is CC(=O)OCC1=C(C(=O)O)N2C(=O)C(NC(=O)C(NC(=O)n3c(=O)[nH]c4ccccc43)c3ccccc3)[C@H]2SC1. The summed E-state index contributed by atoms with van der Waals surface area (Å²) in [7, 11) is 0. The van der Waals surface area contributed by atoms with Gasteiger partial charge in [0.1, 0.15) is 29.8 Å². The minimum atomic E-state index is -1.36. The highest BCUT2D eigenvalue weighted by Gasteiger charge is 2.54. The molecule has 1 fully saturated rings. The van der Waals surface area contributed by atoms with E-state index in [9.17, 15) is 33.9 Å². The smallest absolute Gasteiger partial charge is 0.352 e. The van der Waals surface area contributed by atoms with E-state index in [4.69, 9.17) is 4.74 Å². The predicted octanol–water partition coefficient (Wildman–Crippen LogP) is 0.930. The number of thioether (sulfide) groups is 1. The lowest BCUT2D eigenvalue weighted by molar-refractivity contribution is -0.151. The number of fused-ring (bicyclic) bond motifs is 2. The molecule has 0 spiro atoms. The number of nitrogens with zero attached hydrogens (tertiary/aromatic N) is 2. The van der Waals surface area contributed by atoms with E-state index in [1.165, 1.54) is 18.7 Å². The van der Waals surface area contributed by atoms with Gasteiger partial charge in [-0.2, -0.15) is 0 Å². The monoisotopic (exact) mass is 565 g/mol. The molecule has 2 unspecified atom stereocenters. The minimum absolute atomic E-state index is 0.165. The van der Waals surface area contributed by atoms with E-state index in [1.54, 1.807) is 54.6 Å². The van der Waals surface area contributed by atoms with Crippen LogP contribution in [0.15, 0.2) is 70.7 Å². The molecule has 0 radical (unpaired) electrons. The topological polar surface area (TPSA) is 180 Å². The first-order valence-electron chi connectivity index (χ1n) is 12.1. The Morgan fingerprint density at radius 1 is 1.10 bits per heavy atom. The molecule has 5 rings (SSSR count). The molecule has 40 heavy (non-hydrogen) atoms. The molecule has 2 aromatic carbocycles. The number of hydrogen-bond acceptors (Lipinski definition) is 8. The van der Waals surface area contributed by atoms with E-state index in [-0.39, 0.29) is 23.6 Å². The highest BCUT2D eigenvalue weighted by Crippen LogP contribution is 2.40. The molecule has 2 aliphatic rings. The van der Waals surface area contributed by atoms with E-state index in [1.807, 2.05) is 0 Å². The number of esters is 1. The third-order valence-electron chi connectivity index (χ3n) is 6.45. The van der Waals surface area contributed by atoms with Gasteiger partial charge in [-0.25, -0.2) is 19.0 Å². The molecule has 3 atom stereocenters. The van der Waals surface area contributed by atoms with Crippen LogP contribution in [0, 0.1) is 0 Å². The molecule has 13 nitrogen and oxygen atoms in total. The summed E-state index contributed by atoms with van der Waals surface area (Å²) in [5.74, 6) is -3.16. The van der Waals surface area contributed by atoms with Crippen molar-refractivity contribution in [1.82, 2.24) is 25.1 Å². The van der Waals surface area contributed by atoms with Gasteiger partial charge in [0.25, 0.3) is 5.91 Å². The van der Waals surface area contributed by atoms with E-state index in [0.717, 1.165) is 9.47 Å². The zero-order chi connectivity index (χ0) is 28.6. The lowest BCUT2D eigenvalue weighted by Gasteiger charge is -2.49. The second-order valence-electron chi connectivity index (χ2n) is 9.01. The quantitative estimate of drug-likeness (QED) is 0.239. The normalized spacial score (nSPS) is 18.9. The van der Waals surface area contributed by atoms with Crippen molar-refractivity contribution in [3.8, 4) is 0 Å². The van der Waals surface area contributed by atoms with E-state index < -0.39 is 52.9 Å². The standard InChI is InChI=1S/C26H23N5O8S/c1-13(32)39-11-15-12-40-23-19(22(34)31(23)20(15)24(35)36)28-21(33)18(14-7-3-2-4-8-14)29-26(38)30-17-10-6-5-9-16(17)27-25(30)37/h2-10,18-19,23H,11-12H2,1H3,(H,27,37)(H,28,33)(H,29,38)(H,35,36)/t18?,19?,23-/m1/s1. The number of ether oxygens (including phenoxy) is 1. The van der Waals surface area contributed by atoms with Gasteiger partial charge in [0.15, 0.2) is 0 Å². The van der Waals surface area contributed by atoms with Crippen molar-refractivity contribution in [2.75, 3.05) is 12.4 Å². The number of para-hydroxylation sites is 2. The Kier molecular flexibility index (Phi) is 7.17. The predicted molar refractivity (Wildman–Crippen MR) is 142 cm³/mol. The summed E-state index contributed by atoms with van der Waals surface area (Å²) in [5.41, 5.74) is 0.446. The molecule has 14 heteroatoms. The van der Waals surface area contributed by atoms with Crippen molar-refractivity contribution < 1.29 is 33.8 Å². The lowest BCUT2D eigenvalue weighted by Crippen LogP contribution is -2.71. The Morgan fingerprint density at radius 2 is 1.80 bits per heavy atom. The van der Waals surface area contributed by atoms with Crippen LogP contribution in [0.4, 0.5) is 4.79 Å². The third-order valence-corrected chi connectivity index (χ3v) is 7.79. The summed E-state index contributed by atoms with van der Waals surface area (Å²) >= 11 is 1.21. The van der Waals surface area contributed by atoms with Crippen LogP contribution in [0.2, 0.25) is 0 Å². The summed E-state index contributed by atoms with van der Waals surface area (Å²) in [4.78, 5) is 79.1. The molecule has 0 saturated carbocycles. The minimum Gasteiger partial charge on any atom is -0.477 e. The zero-order valence-corrected chi connectivity index (χ0v) is 21.8. The molecule has 0 aliphatic carbocycles. The zero-order valence-electron chi connectivity index (χ0n) is 21.0. The van der Waals surface area contributed by atoms with Crippen molar-refractivity contribution in [3.05, 3.63) is 81.9 Å². The largest absolute Gasteiger partial charge is 0.477 e. The van der Waals surface area contributed by atoms with Gasteiger partial charge in [-0.15, -0.1) is 11.8 Å². The summed E-state index contributed by atoms with van der Waals surface area (Å²) in [6.07, 6.45) is 0. The number of amides is 3. The fraction of sp³-hybridized carbons (Fsp3) is 0.231. The van der Waals surface area contributed by atoms with E-state index in [2.05, 4.69) is 15.6 Å². The van der Waals surface area contributed by atoms with Crippen LogP contribution < -0.4 is 16.3 Å². The van der Waals surface area contributed by atoms with Gasteiger partial charge in [0.2, 0.25) is 5.91 Å². The van der Waals surface area contributed by atoms with Crippen molar-refractivity contribution in [2.45, 2.75) is 24.4 Å². The van der Waals surface area contributed by atoms with Gasteiger partial charge >= 0.3 is 23.7 Å². The van der Waals surface area contributed by atoms with Crippen molar-refractivity contribution in [2.24, 2.45) is 0 Å². The summed E-state index contributed by atoms with van der Waals surface area (Å²) in [6, 6.07) is 11.7. The number of imidazole rings is 1. The number of aliphatic carboxylic acids is 1. The number of aromatic nitrogens is 2. The molecule has 3 aromatic rings. The summed E-state index contributed by atoms with van der Waals surface area (Å²) in [6.45, 7) is 0.920. The molecular formula is C26H23N5O8S. The molecule has 206 valence electrons. The molecule has 1 saturated heterocycles. The van der Waals surface area contributed by atoms with Crippen LogP contribution in [0.25, 0.3) is 11.0 Å². The number of carboxylic acid groups (broad SMARTS) is 1. The van der Waals surface area contributed by atoms with Gasteiger partial charge in [-0.05, 0) is 17.7 Å². The summed E-state index contributed by atoms with van der Waals surface area (Å²) in [5, 5.41) is 14.2. The number of rotatable bonds is 7. The molecule has 4 N–H and O–H groups in total. The van der Waals surface area contributed by atoms with Gasteiger partial charge in [-0.1, -0.05) is 42.5 Å². The lowest BCUT2D eigenvalue weighted by atomic mass is 10.0. The van der Waals surface area contributed by atoms with Gasteiger partial charge < -0.3 is 25.5 Å². The second-order valence-corrected chi connectivity index (χ2v) is 10.1. The number of carbonyl (C=O) groups is 5. The summed E-state index contributed by atoms with van der Waals surface area (Å²) < 4.78 is 5.81. The first-order chi connectivity index (χ1) is 19.2. The number of β-lactam (4-membered cyclic amide) rings is 1. The maximum absolute atomic E-state index is 13.5. The van der Waals surface area contributed by atoms with Gasteiger partial charge in [0.05, 0.1) is 11.0 Å². The van der Waals surface area contributed by atoms with Crippen LogP contribution in [-0.4, -0.2) is 73.1 Å².